The first-order chi connectivity index (χ1) is 9.51. The number of rotatable bonds is 8. The molecule has 0 aliphatic heterocycles. The minimum absolute atomic E-state index is 0.115. The average Bonchev–Trinajstić information content (AvgIpc) is 2.42. The predicted octanol–water partition coefficient (Wildman–Crippen LogP) is 3.47. The lowest BCUT2D eigenvalue weighted by atomic mass is 10.1. The van der Waals surface area contributed by atoms with E-state index in [4.69, 9.17) is 8.85 Å². The van der Waals surface area contributed by atoms with Gasteiger partial charge in [-0.25, -0.2) is 17.6 Å². The first-order valence-electron chi connectivity index (χ1n) is 6.56. The van der Waals surface area contributed by atoms with E-state index in [2.05, 4.69) is 0 Å². The summed E-state index contributed by atoms with van der Waals surface area (Å²) >= 11 is 0. The van der Waals surface area contributed by atoms with Crippen molar-refractivity contribution in [1.29, 1.82) is 0 Å². The Morgan fingerprint density at radius 3 is 2.10 bits per heavy atom. The zero-order valence-electron chi connectivity index (χ0n) is 11.5. The smallest absolute Gasteiger partial charge is 0.321 e. The van der Waals surface area contributed by atoms with Crippen LogP contribution in [0.15, 0.2) is 6.07 Å². The van der Waals surface area contributed by atoms with Crippen molar-refractivity contribution < 1.29 is 26.4 Å². The Balaban J connectivity index is 2.61. The molecule has 0 aliphatic rings. The van der Waals surface area contributed by atoms with Gasteiger partial charge >= 0.3 is 9.28 Å². The van der Waals surface area contributed by atoms with Crippen LogP contribution in [0.25, 0.3) is 0 Å². The van der Waals surface area contributed by atoms with Crippen molar-refractivity contribution in [3.63, 3.8) is 0 Å². The molecule has 0 aromatic heterocycles. The van der Waals surface area contributed by atoms with Gasteiger partial charge in [0.25, 0.3) is 0 Å². The molecule has 0 atom stereocenters. The van der Waals surface area contributed by atoms with Gasteiger partial charge in [0.1, 0.15) is 0 Å². The minimum atomic E-state index is -1.81. The summed E-state index contributed by atoms with van der Waals surface area (Å²) in [5.74, 6) is -6.23. The summed E-state index contributed by atoms with van der Waals surface area (Å²) in [5, 5.41) is 0. The average molecular weight is 310 g/mol. The molecule has 1 rings (SSSR count). The van der Waals surface area contributed by atoms with Crippen LogP contribution >= 0.6 is 0 Å². The monoisotopic (exact) mass is 310 g/mol. The van der Waals surface area contributed by atoms with Crippen molar-refractivity contribution >= 4 is 9.28 Å². The van der Waals surface area contributed by atoms with E-state index >= 15 is 0 Å². The molecule has 7 heteroatoms. The fourth-order valence-corrected chi connectivity index (χ4v) is 3.56. The largest absolute Gasteiger partial charge is 0.397 e. The molecule has 0 N–H and O–H groups in total. The number of halogens is 4. The quantitative estimate of drug-likeness (QED) is 0.317. The number of aryl methyl sites for hydroxylation is 1. The van der Waals surface area contributed by atoms with Crippen LogP contribution in [0.1, 0.15) is 25.8 Å². The first kappa shape index (κ1) is 17.1. The maximum Gasteiger partial charge on any atom is 0.321 e. The molecule has 0 unspecified atom stereocenters. The standard InChI is InChI=1S/C13H18F4O2Si/c1-3-18-20(19-4-2)7-5-6-9-8-10(14)12(16)13(17)11(9)15/h8,20H,3-7H2,1-2H3. The third-order valence-corrected chi connectivity index (χ3v) is 5.06. The summed E-state index contributed by atoms with van der Waals surface area (Å²) in [5.41, 5.74) is -0.165. The Bertz CT molecular complexity index is 437. The molecule has 114 valence electrons. The molecule has 0 bridgehead atoms. The van der Waals surface area contributed by atoms with Crippen LogP contribution in [0.4, 0.5) is 17.6 Å². The van der Waals surface area contributed by atoms with E-state index in [-0.39, 0.29) is 12.0 Å². The van der Waals surface area contributed by atoms with Gasteiger partial charge in [-0.05, 0) is 44.4 Å². The van der Waals surface area contributed by atoms with Gasteiger partial charge in [-0.2, -0.15) is 0 Å². The SMILES string of the molecule is CCO[SiH](CCCc1cc(F)c(F)c(F)c1F)OCC. The molecule has 2 nitrogen and oxygen atoms in total. The van der Waals surface area contributed by atoms with Crippen LogP contribution < -0.4 is 0 Å². The Kier molecular flexibility index (Phi) is 7.18. The first-order valence-corrected chi connectivity index (χ1v) is 8.32. The summed E-state index contributed by atoms with van der Waals surface area (Å²) in [6, 6.07) is 1.30. The number of hydrogen-bond acceptors (Lipinski definition) is 2. The molecule has 0 radical (unpaired) electrons. The van der Waals surface area contributed by atoms with Crippen LogP contribution in [0.5, 0.6) is 0 Å². The minimum Gasteiger partial charge on any atom is -0.397 e. The van der Waals surface area contributed by atoms with Gasteiger partial charge < -0.3 is 8.85 Å². The van der Waals surface area contributed by atoms with Gasteiger partial charge in [0.15, 0.2) is 23.3 Å². The van der Waals surface area contributed by atoms with Crippen molar-refractivity contribution in [2.24, 2.45) is 0 Å². The second-order valence-electron chi connectivity index (χ2n) is 4.19. The van der Waals surface area contributed by atoms with Crippen molar-refractivity contribution in [3.8, 4) is 0 Å². The molecule has 20 heavy (non-hydrogen) atoms. The summed E-state index contributed by atoms with van der Waals surface area (Å²) in [4.78, 5) is 0. The van der Waals surface area contributed by atoms with Gasteiger partial charge in [-0.3, -0.25) is 0 Å². The van der Waals surface area contributed by atoms with Gasteiger partial charge in [0.05, 0.1) is 0 Å². The maximum absolute atomic E-state index is 13.4. The molecule has 0 fully saturated rings. The van der Waals surface area contributed by atoms with Crippen LogP contribution in [0, 0.1) is 23.3 Å². The highest BCUT2D eigenvalue weighted by atomic mass is 28.3. The van der Waals surface area contributed by atoms with Crippen LogP contribution in [-0.4, -0.2) is 22.5 Å². The summed E-state index contributed by atoms with van der Waals surface area (Å²) in [6.45, 7) is 4.77. The molecule has 1 aromatic carbocycles. The molecular formula is C13H18F4O2Si. The van der Waals surface area contributed by atoms with Crippen LogP contribution in [-0.2, 0) is 15.3 Å². The molecule has 0 heterocycles. The lowest BCUT2D eigenvalue weighted by Gasteiger charge is -2.14. The van der Waals surface area contributed by atoms with E-state index in [1.54, 1.807) is 0 Å². The topological polar surface area (TPSA) is 18.5 Å². The highest BCUT2D eigenvalue weighted by Gasteiger charge is 2.19. The maximum atomic E-state index is 13.4. The molecule has 0 saturated carbocycles. The lowest BCUT2D eigenvalue weighted by molar-refractivity contribution is 0.213. The van der Waals surface area contributed by atoms with E-state index in [1.807, 2.05) is 13.8 Å². The second-order valence-corrected chi connectivity index (χ2v) is 6.30. The van der Waals surface area contributed by atoms with Gasteiger partial charge in [-0.15, -0.1) is 0 Å². The fraction of sp³-hybridized carbons (Fsp3) is 0.538. The van der Waals surface area contributed by atoms with E-state index in [0.29, 0.717) is 31.7 Å². The summed E-state index contributed by atoms with van der Waals surface area (Å²) < 4.78 is 63.2. The van der Waals surface area contributed by atoms with Crippen molar-refractivity contribution in [3.05, 3.63) is 34.9 Å². The van der Waals surface area contributed by atoms with Crippen LogP contribution in [0.3, 0.4) is 0 Å². The number of hydrogen-bond donors (Lipinski definition) is 0. The normalized spacial score (nSPS) is 11.3. The van der Waals surface area contributed by atoms with Crippen LogP contribution in [0.2, 0.25) is 6.04 Å². The molecule has 0 saturated heterocycles. The molecule has 0 amide bonds. The summed E-state index contributed by atoms with van der Waals surface area (Å²) in [6.07, 6.45) is 0.585. The second kappa shape index (κ2) is 8.38. The van der Waals surface area contributed by atoms with Gasteiger partial charge in [0, 0.05) is 13.2 Å². The Morgan fingerprint density at radius 2 is 1.55 bits per heavy atom. The highest BCUT2D eigenvalue weighted by Crippen LogP contribution is 2.20. The third-order valence-electron chi connectivity index (χ3n) is 2.77. The zero-order valence-corrected chi connectivity index (χ0v) is 12.7. The lowest BCUT2D eigenvalue weighted by Crippen LogP contribution is -2.22. The number of benzene rings is 1. The molecular weight excluding hydrogens is 292 g/mol. The van der Waals surface area contributed by atoms with E-state index < -0.39 is 32.6 Å². The Hall–Kier alpha value is -0.923. The summed E-state index contributed by atoms with van der Waals surface area (Å²) in [7, 11) is -1.81. The Morgan fingerprint density at radius 1 is 0.950 bits per heavy atom. The molecule has 0 aliphatic carbocycles. The highest BCUT2D eigenvalue weighted by molar-refractivity contribution is 6.44. The molecule has 0 spiro atoms. The fourth-order valence-electron chi connectivity index (χ4n) is 1.85. The zero-order chi connectivity index (χ0) is 15.1. The third kappa shape index (κ3) is 4.57. The van der Waals surface area contributed by atoms with Crippen molar-refractivity contribution in [1.82, 2.24) is 0 Å². The molecule has 1 aromatic rings. The van der Waals surface area contributed by atoms with Gasteiger partial charge in [-0.1, -0.05) is 0 Å². The Labute approximate surface area is 117 Å². The van der Waals surface area contributed by atoms with E-state index in [0.717, 1.165) is 0 Å². The van der Waals surface area contributed by atoms with Crippen molar-refractivity contribution in [2.45, 2.75) is 32.7 Å². The van der Waals surface area contributed by atoms with Crippen molar-refractivity contribution in [2.75, 3.05) is 13.2 Å². The van der Waals surface area contributed by atoms with E-state index in [9.17, 15) is 17.6 Å². The predicted molar refractivity (Wildman–Crippen MR) is 69.8 cm³/mol. The van der Waals surface area contributed by atoms with Gasteiger partial charge in [0.2, 0.25) is 0 Å². The van der Waals surface area contributed by atoms with E-state index in [1.165, 1.54) is 0 Å².